The van der Waals surface area contributed by atoms with Crippen LogP contribution in [0.3, 0.4) is 0 Å². The van der Waals surface area contributed by atoms with Crippen molar-refractivity contribution in [3.05, 3.63) is 22.4 Å². The van der Waals surface area contributed by atoms with Gasteiger partial charge >= 0.3 is 0 Å². The van der Waals surface area contributed by atoms with Gasteiger partial charge in [0.2, 0.25) is 0 Å². The van der Waals surface area contributed by atoms with Crippen molar-refractivity contribution >= 4 is 11.3 Å². The van der Waals surface area contributed by atoms with E-state index in [1.807, 2.05) is 6.07 Å². The summed E-state index contributed by atoms with van der Waals surface area (Å²) in [4.78, 5) is 1.39. The van der Waals surface area contributed by atoms with Crippen LogP contribution in [-0.2, 0) is 6.54 Å². The van der Waals surface area contributed by atoms with E-state index in [9.17, 15) is 0 Å². The summed E-state index contributed by atoms with van der Waals surface area (Å²) in [6, 6.07) is 4.11. The Hall–Kier alpha value is -0.340. The topological polar surface area (TPSA) is 12.0 Å². The third kappa shape index (κ3) is 2.31. The Morgan fingerprint density at radius 2 is 2.55 bits per heavy atom. The smallest absolute Gasteiger partial charge is 0.0446 e. The van der Waals surface area contributed by atoms with E-state index in [0.29, 0.717) is 0 Å². The highest BCUT2D eigenvalue weighted by atomic mass is 32.1. The van der Waals surface area contributed by atoms with Crippen molar-refractivity contribution in [2.45, 2.75) is 19.4 Å². The first kappa shape index (κ1) is 7.32. The van der Waals surface area contributed by atoms with Gasteiger partial charge in [0.15, 0.2) is 0 Å². The summed E-state index contributed by atoms with van der Waals surface area (Å²) < 4.78 is 0. The molecule has 1 aromatic rings. The Balaban J connectivity index is 1.66. The van der Waals surface area contributed by atoms with Crippen molar-refractivity contribution in [2.75, 3.05) is 6.54 Å². The average Bonchev–Trinajstić information content (AvgIpc) is 2.66. The second kappa shape index (κ2) is 3.37. The molecule has 1 heterocycles. The largest absolute Gasteiger partial charge is 0.312 e. The van der Waals surface area contributed by atoms with Crippen LogP contribution < -0.4 is 5.32 Å². The van der Waals surface area contributed by atoms with E-state index in [1.165, 1.54) is 24.3 Å². The number of thiophene rings is 1. The lowest BCUT2D eigenvalue weighted by Crippen LogP contribution is -2.15. The lowest BCUT2D eigenvalue weighted by atomic mass is 10.4. The Morgan fingerprint density at radius 1 is 1.64 bits per heavy atom. The molecule has 11 heavy (non-hydrogen) atoms. The van der Waals surface area contributed by atoms with Gasteiger partial charge in [0.25, 0.3) is 0 Å². The summed E-state index contributed by atoms with van der Waals surface area (Å²) in [5, 5.41) is 6.53. The summed E-state index contributed by atoms with van der Waals surface area (Å²) in [7, 11) is 0. The Kier molecular flexibility index (Phi) is 2.24. The van der Waals surface area contributed by atoms with E-state index in [-0.39, 0.29) is 0 Å². The average molecular weight is 166 g/mol. The highest BCUT2D eigenvalue weighted by Crippen LogP contribution is 2.27. The van der Waals surface area contributed by atoms with Gasteiger partial charge in [-0.1, -0.05) is 0 Å². The van der Waals surface area contributed by atoms with E-state index in [0.717, 1.165) is 12.5 Å². The van der Waals surface area contributed by atoms with Crippen LogP contribution in [-0.4, -0.2) is 6.54 Å². The highest BCUT2D eigenvalue weighted by Gasteiger charge is 2.19. The Labute approximate surface area is 71.4 Å². The molecule has 1 radical (unpaired) electrons. The van der Waals surface area contributed by atoms with E-state index in [4.69, 9.17) is 0 Å². The van der Waals surface area contributed by atoms with Crippen molar-refractivity contribution in [1.29, 1.82) is 0 Å². The summed E-state index contributed by atoms with van der Waals surface area (Å²) in [5.41, 5.74) is 0. The number of rotatable bonds is 4. The van der Waals surface area contributed by atoms with Crippen molar-refractivity contribution < 1.29 is 0 Å². The SMILES string of the molecule is [c]1ccc(CNCC2CC2)s1. The van der Waals surface area contributed by atoms with E-state index in [2.05, 4.69) is 16.8 Å². The van der Waals surface area contributed by atoms with Crippen LogP contribution in [0.15, 0.2) is 12.1 Å². The van der Waals surface area contributed by atoms with Crippen LogP contribution in [0.4, 0.5) is 0 Å². The Bertz CT molecular complexity index is 201. The molecule has 0 bridgehead atoms. The van der Waals surface area contributed by atoms with Gasteiger partial charge < -0.3 is 5.32 Å². The maximum absolute atomic E-state index is 3.44. The van der Waals surface area contributed by atoms with Crippen LogP contribution in [0, 0.1) is 11.3 Å². The molecule has 0 saturated heterocycles. The van der Waals surface area contributed by atoms with Crippen molar-refractivity contribution in [3.63, 3.8) is 0 Å². The quantitative estimate of drug-likeness (QED) is 0.722. The van der Waals surface area contributed by atoms with Crippen molar-refractivity contribution in [2.24, 2.45) is 5.92 Å². The van der Waals surface area contributed by atoms with E-state index >= 15 is 0 Å². The summed E-state index contributed by atoms with van der Waals surface area (Å²) >= 11 is 1.71. The first-order valence-corrected chi connectivity index (χ1v) is 4.92. The van der Waals surface area contributed by atoms with Crippen LogP contribution in [0.5, 0.6) is 0 Å². The minimum absolute atomic E-state index is 0.985. The molecule has 0 atom stereocenters. The van der Waals surface area contributed by atoms with E-state index < -0.39 is 0 Å². The second-order valence-corrected chi connectivity index (χ2v) is 4.06. The number of hydrogen-bond acceptors (Lipinski definition) is 2. The van der Waals surface area contributed by atoms with E-state index in [1.54, 1.807) is 11.3 Å². The standard InChI is InChI=1S/C9H12NS/c1-2-9(11-5-1)7-10-6-8-3-4-8/h1-2,8,10H,3-4,6-7H2. The van der Waals surface area contributed by atoms with Gasteiger partial charge in [0.1, 0.15) is 0 Å². The first-order chi connectivity index (χ1) is 5.45. The lowest BCUT2D eigenvalue weighted by molar-refractivity contribution is 0.643. The monoisotopic (exact) mass is 166 g/mol. The van der Waals surface area contributed by atoms with Crippen LogP contribution in [0.1, 0.15) is 17.7 Å². The fourth-order valence-corrected chi connectivity index (χ4v) is 1.68. The first-order valence-electron chi connectivity index (χ1n) is 4.10. The minimum atomic E-state index is 0.985. The molecule has 0 amide bonds. The zero-order valence-electron chi connectivity index (χ0n) is 6.47. The lowest BCUT2D eigenvalue weighted by Gasteiger charge is -1.99. The Morgan fingerprint density at radius 3 is 3.18 bits per heavy atom. The highest BCUT2D eigenvalue weighted by molar-refractivity contribution is 7.09. The molecule has 1 saturated carbocycles. The number of nitrogens with one attached hydrogen (secondary N) is 1. The summed E-state index contributed by atoms with van der Waals surface area (Å²) in [5.74, 6) is 0.985. The van der Waals surface area contributed by atoms with Crippen molar-refractivity contribution in [3.8, 4) is 0 Å². The van der Waals surface area contributed by atoms with Gasteiger partial charge in [0, 0.05) is 16.8 Å². The minimum Gasteiger partial charge on any atom is -0.312 e. The molecule has 2 heteroatoms. The predicted octanol–water partition coefficient (Wildman–Crippen LogP) is 2.05. The molecule has 0 spiro atoms. The zero-order valence-corrected chi connectivity index (χ0v) is 7.29. The third-order valence-electron chi connectivity index (χ3n) is 1.96. The molecule has 0 unspecified atom stereocenters. The van der Waals surface area contributed by atoms with Crippen molar-refractivity contribution in [1.82, 2.24) is 5.32 Å². The third-order valence-corrected chi connectivity index (χ3v) is 2.75. The predicted molar refractivity (Wildman–Crippen MR) is 47.6 cm³/mol. The van der Waals surface area contributed by atoms with Gasteiger partial charge in [-0.3, -0.25) is 0 Å². The molecule has 1 aliphatic carbocycles. The van der Waals surface area contributed by atoms with Crippen LogP contribution in [0.2, 0.25) is 0 Å². The second-order valence-electron chi connectivity index (χ2n) is 3.09. The van der Waals surface area contributed by atoms with Crippen LogP contribution >= 0.6 is 11.3 Å². The fourth-order valence-electron chi connectivity index (χ4n) is 1.09. The van der Waals surface area contributed by atoms with Gasteiger partial charge in [-0.15, -0.1) is 11.3 Å². The molecule has 0 aromatic carbocycles. The molecule has 0 aliphatic heterocycles. The molecule has 1 nitrogen and oxygen atoms in total. The molecular weight excluding hydrogens is 154 g/mol. The molecule has 2 rings (SSSR count). The maximum Gasteiger partial charge on any atom is 0.0446 e. The van der Waals surface area contributed by atoms with Gasteiger partial charge in [-0.05, 0) is 37.4 Å². The van der Waals surface area contributed by atoms with Crippen LogP contribution in [0.25, 0.3) is 0 Å². The molecule has 1 fully saturated rings. The molecular formula is C9H12NS. The van der Waals surface area contributed by atoms with Gasteiger partial charge in [0.05, 0.1) is 0 Å². The van der Waals surface area contributed by atoms with Gasteiger partial charge in [-0.2, -0.15) is 0 Å². The summed E-state index contributed by atoms with van der Waals surface area (Å²) in [6.45, 7) is 2.24. The summed E-state index contributed by atoms with van der Waals surface area (Å²) in [6.07, 6.45) is 2.87. The molecule has 1 aliphatic rings. The zero-order chi connectivity index (χ0) is 7.52. The molecule has 1 N–H and O–H groups in total. The maximum atomic E-state index is 3.44. The fraction of sp³-hybridized carbons (Fsp3) is 0.556. The number of hydrogen-bond donors (Lipinski definition) is 1. The van der Waals surface area contributed by atoms with Gasteiger partial charge in [-0.25, -0.2) is 0 Å². The molecule has 1 aromatic heterocycles. The molecule has 59 valence electrons. The normalized spacial score (nSPS) is 17.1.